The van der Waals surface area contributed by atoms with Gasteiger partial charge in [-0.05, 0) is 38.1 Å². The number of ether oxygens (including phenoxy) is 5. The van der Waals surface area contributed by atoms with Crippen molar-refractivity contribution in [1.82, 2.24) is 19.9 Å². The van der Waals surface area contributed by atoms with Crippen molar-refractivity contribution in [3.8, 4) is 29.9 Å². The molecule has 36 heavy (non-hydrogen) atoms. The fraction of sp³-hybridized carbons (Fsp3) is 0.400. The average Bonchev–Trinajstić information content (AvgIpc) is 2.89. The van der Waals surface area contributed by atoms with Gasteiger partial charge in [0.25, 0.3) is 5.91 Å². The number of nitriles is 1. The Balaban J connectivity index is 1.60. The van der Waals surface area contributed by atoms with Crippen molar-refractivity contribution in [2.75, 3.05) is 39.5 Å². The largest absolute Gasteiger partial charge is 0.478 e. The zero-order valence-electron chi connectivity index (χ0n) is 20.4. The van der Waals surface area contributed by atoms with Gasteiger partial charge in [0.1, 0.15) is 31.7 Å². The number of carbonyl (C=O) groups excluding carboxylic acids is 1. The molecule has 1 atom stereocenters. The molecule has 0 bridgehead atoms. The Labute approximate surface area is 209 Å². The van der Waals surface area contributed by atoms with E-state index in [4.69, 9.17) is 28.9 Å². The molecule has 11 heteroatoms. The lowest BCUT2D eigenvalue weighted by molar-refractivity contribution is -0.153. The first-order chi connectivity index (χ1) is 17.3. The summed E-state index contributed by atoms with van der Waals surface area (Å²) in [6.07, 6.45) is 2.70. The maximum Gasteiger partial charge on any atom is 0.326 e. The van der Waals surface area contributed by atoms with Gasteiger partial charge in [-0.2, -0.15) is 5.26 Å². The quantitative estimate of drug-likeness (QED) is 0.405. The predicted molar refractivity (Wildman–Crippen MR) is 129 cm³/mol. The molecule has 2 heterocycles. The molecule has 2 aromatic rings. The molecular weight excluding hydrogens is 466 g/mol. The summed E-state index contributed by atoms with van der Waals surface area (Å²) in [4.78, 5) is 27.2. The van der Waals surface area contributed by atoms with E-state index >= 15 is 0 Å². The highest BCUT2D eigenvalue weighted by Gasteiger charge is 2.37. The first-order valence-corrected chi connectivity index (χ1v) is 11.3. The van der Waals surface area contributed by atoms with Crippen LogP contribution in [0.5, 0.6) is 23.8 Å². The summed E-state index contributed by atoms with van der Waals surface area (Å²) in [6, 6.07) is 8.72. The Morgan fingerprint density at radius 3 is 2.25 bits per heavy atom. The van der Waals surface area contributed by atoms with Crippen LogP contribution >= 0.6 is 0 Å². The van der Waals surface area contributed by atoms with E-state index in [1.807, 2.05) is 0 Å². The summed E-state index contributed by atoms with van der Waals surface area (Å²) in [6.45, 7) is 12.1. The Bertz CT molecular complexity index is 1070. The molecule has 3 rings (SSSR count). The van der Waals surface area contributed by atoms with E-state index in [9.17, 15) is 4.79 Å². The maximum absolute atomic E-state index is 13.2. The molecule has 11 nitrogen and oxygen atoms in total. The van der Waals surface area contributed by atoms with Crippen LogP contribution < -0.4 is 18.9 Å². The summed E-state index contributed by atoms with van der Waals surface area (Å²) >= 11 is 0. The molecule has 1 fully saturated rings. The number of rotatable bonds is 12. The molecular formula is C25H29N5O6. The number of aromatic nitrogens is 3. The van der Waals surface area contributed by atoms with Gasteiger partial charge in [0, 0.05) is 6.54 Å². The van der Waals surface area contributed by atoms with Crippen molar-refractivity contribution in [3.05, 3.63) is 55.1 Å². The molecule has 0 spiro atoms. The van der Waals surface area contributed by atoms with Crippen LogP contribution in [0.2, 0.25) is 0 Å². The van der Waals surface area contributed by atoms with Crippen molar-refractivity contribution >= 4 is 5.91 Å². The smallest absolute Gasteiger partial charge is 0.326 e. The molecule has 1 aromatic carbocycles. The van der Waals surface area contributed by atoms with E-state index in [1.54, 1.807) is 55.2 Å². The van der Waals surface area contributed by atoms with Gasteiger partial charge in [0.05, 0.1) is 24.8 Å². The number of carbonyl (C=O) groups is 1. The van der Waals surface area contributed by atoms with Crippen LogP contribution in [0.3, 0.4) is 0 Å². The Morgan fingerprint density at radius 2 is 1.69 bits per heavy atom. The number of nitrogens with zero attached hydrogens (tertiary/aromatic N) is 5. The highest BCUT2D eigenvalue weighted by molar-refractivity contribution is 5.85. The third-order valence-electron chi connectivity index (χ3n) is 4.93. The first kappa shape index (κ1) is 26.4. The molecule has 0 saturated carbocycles. The van der Waals surface area contributed by atoms with Crippen LogP contribution in [0.15, 0.2) is 49.6 Å². The number of hydrogen-bond acceptors (Lipinski definition) is 10. The second kappa shape index (κ2) is 12.5. The lowest BCUT2D eigenvalue weighted by Crippen LogP contribution is -2.55. The second-order valence-electron chi connectivity index (χ2n) is 8.19. The van der Waals surface area contributed by atoms with E-state index in [1.165, 1.54) is 0 Å². The van der Waals surface area contributed by atoms with Gasteiger partial charge in [-0.3, -0.25) is 4.79 Å². The maximum atomic E-state index is 13.2. The zero-order valence-corrected chi connectivity index (χ0v) is 20.4. The number of benzene rings is 1. The molecule has 0 N–H and O–H groups in total. The minimum absolute atomic E-state index is 0.000321. The highest BCUT2D eigenvalue weighted by atomic mass is 16.6. The monoisotopic (exact) mass is 495 g/mol. The minimum atomic E-state index is -1.13. The van der Waals surface area contributed by atoms with Crippen molar-refractivity contribution in [2.24, 2.45) is 0 Å². The van der Waals surface area contributed by atoms with Gasteiger partial charge in [0.2, 0.25) is 0 Å². The van der Waals surface area contributed by atoms with Crippen molar-refractivity contribution in [3.63, 3.8) is 0 Å². The van der Waals surface area contributed by atoms with Crippen LogP contribution in [0.1, 0.15) is 19.4 Å². The lowest BCUT2D eigenvalue weighted by atomic mass is 10.1. The van der Waals surface area contributed by atoms with Crippen LogP contribution in [-0.2, 0) is 9.53 Å². The minimum Gasteiger partial charge on any atom is -0.478 e. The van der Waals surface area contributed by atoms with Gasteiger partial charge < -0.3 is 28.6 Å². The van der Waals surface area contributed by atoms with Gasteiger partial charge in [0.15, 0.2) is 5.60 Å². The molecule has 1 amide bonds. The Hall–Kier alpha value is -4.17. The molecule has 1 aliphatic rings. The molecule has 190 valence electrons. The Kier molecular flexibility index (Phi) is 9.19. The Morgan fingerprint density at radius 1 is 1.11 bits per heavy atom. The van der Waals surface area contributed by atoms with Gasteiger partial charge in [-0.15, -0.1) is 15.0 Å². The van der Waals surface area contributed by atoms with Crippen LogP contribution in [0.25, 0.3) is 0 Å². The van der Waals surface area contributed by atoms with Gasteiger partial charge in [-0.25, -0.2) is 0 Å². The summed E-state index contributed by atoms with van der Waals surface area (Å²) in [7, 11) is 0. The fourth-order valence-electron chi connectivity index (χ4n) is 3.27. The zero-order chi connectivity index (χ0) is 26.0. The van der Waals surface area contributed by atoms with Crippen molar-refractivity contribution in [1.29, 1.82) is 5.26 Å². The average molecular weight is 496 g/mol. The van der Waals surface area contributed by atoms with E-state index in [0.29, 0.717) is 31.0 Å². The molecule has 0 radical (unpaired) electrons. The summed E-state index contributed by atoms with van der Waals surface area (Å²) in [5.41, 5.74) is -0.612. The molecule has 1 aliphatic heterocycles. The number of hydrogen-bond donors (Lipinski definition) is 0. The summed E-state index contributed by atoms with van der Waals surface area (Å²) in [5, 5.41) is 8.95. The van der Waals surface area contributed by atoms with E-state index < -0.39 is 11.7 Å². The summed E-state index contributed by atoms with van der Waals surface area (Å²) in [5.74, 6) is 0.305. The van der Waals surface area contributed by atoms with E-state index in [2.05, 4.69) is 34.2 Å². The lowest BCUT2D eigenvalue weighted by Gasteiger charge is -2.37. The van der Waals surface area contributed by atoms with Crippen LogP contribution in [-0.4, -0.2) is 77.0 Å². The topological polar surface area (TPSA) is 129 Å². The third-order valence-corrected chi connectivity index (χ3v) is 4.93. The van der Waals surface area contributed by atoms with Crippen LogP contribution in [0.4, 0.5) is 0 Å². The molecule has 1 unspecified atom stereocenters. The number of morpholine rings is 1. The van der Waals surface area contributed by atoms with Crippen LogP contribution in [0, 0.1) is 11.3 Å². The second-order valence-corrected chi connectivity index (χ2v) is 8.19. The molecule has 1 saturated heterocycles. The first-order valence-electron chi connectivity index (χ1n) is 11.3. The van der Waals surface area contributed by atoms with E-state index in [0.717, 1.165) is 0 Å². The van der Waals surface area contributed by atoms with Crippen molar-refractivity contribution in [2.45, 2.75) is 25.6 Å². The predicted octanol–water partition coefficient (Wildman–Crippen LogP) is 2.34. The standard InChI is InChI=1S/C25H29N5O6/c1-5-12-33-22-27-23(34-13-6-2)29-24(28-22)35-17-20-16-30(11-14-32-20)21(31)25(3,4)36-19-9-7-18(15-26)8-10-19/h5-10,20H,1-2,11-14,16-17H2,3-4H3. The molecule has 0 aliphatic carbocycles. The number of amides is 1. The van der Waals surface area contributed by atoms with Gasteiger partial charge >= 0.3 is 18.0 Å². The fourth-order valence-corrected chi connectivity index (χ4v) is 3.27. The SMILES string of the molecule is C=CCOc1nc(OCC=C)nc(OCC2CN(C(=O)C(C)(C)Oc3ccc(C#N)cc3)CCO2)n1. The molecule has 1 aromatic heterocycles. The normalized spacial score (nSPS) is 15.4. The van der Waals surface area contributed by atoms with E-state index in [-0.39, 0.29) is 43.8 Å². The summed E-state index contributed by atoms with van der Waals surface area (Å²) < 4.78 is 28.2. The third kappa shape index (κ3) is 7.41. The van der Waals surface area contributed by atoms with Crippen molar-refractivity contribution < 1.29 is 28.5 Å². The van der Waals surface area contributed by atoms with Gasteiger partial charge in [-0.1, -0.05) is 25.3 Å². The highest BCUT2D eigenvalue weighted by Crippen LogP contribution is 2.22.